The maximum atomic E-state index is 12.9. The molecule has 0 spiro atoms. The molecule has 29 heavy (non-hydrogen) atoms. The maximum Gasteiger partial charge on any atom is 0.433 e. The summed E-state index contributed by atoms with van der Waals surface area (Å²) in [7, 11) is 0. The van der Waals surface area contributed by atoms with Crippen LogP contribution in [-0.4, -0.2) is 33.9 Å². The minimum Gasteiger partial charge on any atom is -0.357 e. The first kappa shape index (κ1) is 19.5. The first-order chi connectivity index (χ1) is 13.8. The fourth-order valence-corrected chi connectivity index (χ4v) is 3.96. The molecule has 3 aromatic rings. The first-order valence-corrected chi connectivity index (χ1v) is 9.70. The average molecular weight is 401 g/mol. The van der Waals surface area contributed by atoms with Crippen LogP contribution in [-0.2, 0) is 17.4 Å². The number of carbonyl (C=O) groups excluding carboxylic acids is 1. The van der Waals surface area contributed by atoms with Gasteiger partial charge in [0.15, 0.2) is 0 Å². The number of halogens is 3. The van der Waals surface area contributed by atoms with E-state index in [9.17, 15) is 18.0 Å². The number of nitrogens with one attached hydrogen (secondary N) is 1. The van der Waals surface area contributed by atoms with Gasteiger partial charge in [-0.2, -0.15) is 13.2 Å². The number of hydrogen-bond acceptors (Lipinski definition) is 2. The van der Waals surface area contributed by atoms with E-state index < -0.39 is 11.9 Å². The third-order valence-electron chi connectivity index (χ3n) is 5.51. The lowest BCUT2D eigenvalue weighted by atomic mass is 9.93. The Bertz CT molecular complexity index is 1030. The molecular formula is C22H22F3N3O. The van der Waals surface area contributed by atoms with Gasteiger partial charge in [-0.25, -0.2) is 4.98 Å². The number of likely N-dealkylation sites (tertiary alicyclic amines) is 1. The van der Waals surface area contributed by atoms with Gasteiger partial charge in [-0.3, -0.25) is 4.79 Å². The molecule has 7 heteroatoms. The monoisotopic (exact) mass is 401 g/mol. The van der Waals surface area contributed by atoms with Crippen LogP contribution in [0.5, 0.6) is 0 Å². The number of piperidine rings is 1. The number of rotatable bonds is 3. The Morgan fingerprint density at radius 1 is 1.17 bits per heavy atom. The molecule has 1 fully saturated rings. The number of nitrogens with zero attached hydrogens (tertiary/aromatic N) is 2. The second-order valence-electron chi connectivity index (χ2n) is 7.67. The maximum absolute atomic E-state index is 12.9. The normalized spacial score (nSPS) is 15.8. The summed E-state index contributed by atoms with van der Waals surface area (Å²) >= 11 is 0. The van der Waals surface area contributed by atoms with Crippen molar-refractivity contribution in [2.75, 3.05) is 13.1 Å². The van der Waals surface area contributed by atoms with Crippen molar-refractivity contribution in [1.82, 2.24) is 14.9 Å². The number of aromatic nitrogens is 2. The lowest BCUT2D eigenvalue weighted by Crippen LogP contribution is -2.38. The van der Waals surface area contributed by atoms with Gasteiger partial charge in [-0.05, 0) is 43.5 Å². The van der Waals surface area contributed by atoms with Crippen LogP contribution < -0.4 is 0 Å². The van der Waals surface area contributed by atoms with E-state index >= 15 is 0 Å². The molecule has 1 aliphatic heterocycles. The molecule has 2 aromatic heterocycles. The number of carbonyl (C=O) groups is 1. The number of alkyl halides is 3. The Hall–Kier alpha value is -2.83. The molecule has 4 nitrogen and oxygen atoms in total. The highest BCUT2D eigenvalue weighted by atomic mass is 19.4. The fraction of sp³-hybridized carbons (Fsp3) is 0.364. The number of amides is 1. The summed E-state index contributed by atoms with van der Waals surface area (Å²) in [5.74, 6) is 0.295. The van der Waals surface area contributed by atoms with Crippen molar-refractivity contribution in [3.05, 3.63) is 65.0 Å². The zero-order valence-corrected chi connectivity index (χ0v) is 16.1. The molecule has 4 rings (SSSR count). The van der Waals surface area contributed by atoms with Gasteiger partial charge in [-0.1, -0.05) is 29.8 Å². The van der Waals surface area contributed by atoms with Gasteiger partial charge in [0.1, 0.15) is 5.69 Å². The molecule has 1 saturated heterocycles. The van der Waals surface area contributed by atoms with Crippen molar-refractivity contribution in [1.29, 1.82) is 0 Å². The Morgan fingerprint density at radius 2 is 1.93 bits per heavy atom. The van der Waals surface area contributed by atoms with E-state index in [1.54, 1.807) is 6.07 Å². The molecule has 0 saturated carbocycles. The molecule has 0 atom stereocenters. The van der Waals surface area contributed by atoms with Crippen LogP contribution in [0, 0.1) is 6.92 Å². The van der Waals surface area contributed by atoms with E-state index in [1.165, 1.54) is 6.07 Å². The summed E-state index contributed by atoms with van der Waals surface area (Å²) in [4.78, 5) is 21.4. The van der Waals surface area contributed by atoms with Gasteiger partial charge >= 0.3 is 6.18 Å². The number of pyridine rings is 1. The van der Waals surface area contributed by atoms with Crippen LogP contribution in [0.3, 0.4) is 0 Å². The van der Waals surface area contributed by atoms with E-state index in [0.717, 1.165) is 35.7 Å². The molecule has 1 amide bonds. The van der Waals surface area contributed by atoms with E-state index in [-0.39, 0.29) is 11.8 Å². The SMILES string of the molecule is Cc1cccc(CC(=O)N2CCC(c3cc4nc(C(F)(F)F)ccc4[nH]3)CC2)c1. The predicted octanol–water partition coefficient (Wildman–Crippen LogP) is 4.84. The Labute approximate surface area is 166 Å². The summed E-state index contributed by atoms with van der Waals surface area (Å²) in [6, 6.07) is 12.1. The molecule has 0 radical (unpaired) electrons. The highest BCUT2D eigenvalue weighted by molar-refractivity contribution is 5.79. The second-order valence-corrected chi connectivity index (χ2v) is 7.67. The van der Waals surface area contributed by atoms with Crippen molar-refractivity contribution >= 4 is 16.9 Å². The van der Waals surface area contributed by atoms with Gasteiger partial charge in [0.25, 0.3) is 0 Å². The van der Waals surface area contributed by atoms with Crippen LogP contribution in [0.1, 0.15) is 41.3 Å². The molecule has 152 valence electrons. The number of fused-ring (bicyclic) bond motifs is 1. The molecule has 1 aliphatic rings. The Morgan fingerprint density at radius 3 is 2.62 bits per heavy atom. The van der Waals surface area contributed by atoms with Crippen molar-refractivity contribution in [2.24, 2.45) is 0 Å². The van der Waals surface area contributed by atoms with Gasteiger partial charge in [-0.15, -0.1) is 0 Å². The summed E-state index contributed by atoms with van der Waals surface area (Å²) < 4.78 is 38.6. The molecule has 0 aliphatic carbocycles. The van der Waals surface area contributed by atoms with Crippen LogP contribution in [0.2, 0.25) is 0 Å². The van der Waals surface area contributed by atoms with Gasteiger partial charge in [0.05, 0.1) is 17.5 Å². The number of hydrogen-bond donors (Lipinski definition) is 1. The highest BCUT2D eigenvalue weighted by Crippen LogP contribution is 2.32. The summed E-state index contributed by atoms with van der Waals surface area (Å²) in [6.07, 6.45) is -2.51. The number of aryl methyl sites for hydroxylation is 1. The van der Waals surface area contributed by atoms with E-state index in [0.29, 0.717) is 30.5 Å². The lowest BCUT2D eigenvalue weighted by Gasteiger charge is -2.31. The molecule has 0 bridgehead atoms. The van der Waals surface area contributed by atoms with Gasteiger partial charge < -0.3 is 9.88 Å². The highest BCUT2D eigenvalue weighted by Gasteiger charge is 2.33. The zero-order chi connectivity index (χ0) is 20.6. The number of aromatic amines is 1. The number of benzene rings is 1. The molecule has 0 unspecified atom stereocenters. The predicted molar refractivity (Wildman–Crippen MR) is 105 cm³/mol. The lowest BCUT2D eigenvalue weighted by molar-refractivity contribution is -0.141. The summed E-state index contributed by atoms with van der Waals surface area (Å²) in [5.41, 5.74) is 3.08. The van der Waals surface area contributed by atoms with Gasteiger partial charge in [0.2, 0.25) is 5.91 Å². The second kappa shape index (κ2) is 7.54. The van der Waals surface area contributed by atoms with Crippen LogP contribution in [0.15, 0.2) is 42.5 Å². The summed E-state index contributed by atoms with van der Waals surface area (Å²) in [6.45, 7) is 3.30. The molecular weight excluding hydrogens is 379 g/mol. The minimum atomic E-state index is -4.45. The largest absolute Gasteiger partial charge is 0.433 e. The third kappa shape index (κ3) is 4.28. The molecule has 3 heterocycles. The average Bonchev–Trinajstić information content (AvgIpc) is 3.11. The summed E-state index contributed by atoms with van der Waals surface area (Å²) in [5, 5.41) is 0. The molecule has 1 aromatic carbocycles. The standard InChI is InChI=1S/C22H22F3N3O/c1-14-3-2-4-15(11-14)12-21(29)28-9-7-16(8-10-28)18-13-19-17(26-18)5-6-20(27-19)22(23,24)25/h2-6,11,13,16,26H,7-10,12H2,1H3. The van der Waals surface area contributed by atoms with E-state index in [4.69, 9.17) is 0 Å². The van der Waals surface area contributed by atoms with Crippen molar-refractivity contribution in [3.63, 3.8) is 0 Å². The Balaban J connectivity index is 1.41. The van der Waals surface area contributed by atoms with E-state index in [1.807, 2.05) is 36.1 Å². The Kier molecular flexibility index (Phi) is 5.06. The van der Waals surface area contributed by atoms with Crippen LogP contribution in [0.4, 0.5) is 13.2 Å². The van der Waals surface area contributed by atoms with Crippen LogP contribution >= 0.6 is 0 Å². The van der Waals surface area contributed by atoms with E-state index in [2.05, 4.69) is 9.97 Å². The van der Waals surface area contributed by atoms with Crippen molar-refractivity contribution in [2.45, 2.75) is 38.3 Å². The quantitative estimate of drug-likeness (QED) is 0.683. The minimum absolute atomic E-state index is 0.113. The topological polar surface area (TPSA) is 49.0 Å². The van der Waals surface area contributed by atoms with Crippen LogP contribution in [0.25, 0.3) is 11.0 Å². The van der Waals surface area contributed by atoms with Gasteiger partial charge in [0, 0.05) is 24.7 Å². The number of H-pyrrole nitrogens is 1. The van der Waals surface area contributed by atoms with Crippen molar-refractivity contribution < 1.29 is 18.0 Å². The zero-order valence-electron chi connectivity index (χ0n) is 16.1. The van der Waals surface area contributed by atoms with Crippen molar-refractivity contribution in [3.8, 4) is 0 Å². The molecule has 1 N–H and O–H groups in total. The smallest absolute Gasteiger partial charge is 0.357 e. The fourth-order valence-electron chi connectivity index (χ4n) is 3.96. The first-order valence-electron chi connectivity index (χ1n) is 9.70. The third-order valence-corrected chi connectivity index (χ3v) is 5.51.